The molecule has 1 heterocycles. The number of nitriles is 1. The van der Waals surface area contributed by atoms with Gasteiger partial charge in [0.25, 0.3) is 0 Å². The number of rotatable bonds is 7. The van der Waals surface area contributed by atoms with Crippen molar-refractivity contribution in [2.75, 3.05) is 0 Å². The highest BCUT2D eigenvalue weighted by Crippen LogP contribution is 2.30. The molecule has 0 aromatic heterocycles. The van der Waals surface area contributed by atoms with Crippen molar-refractivity contribution in [2.45, 2.75) is 58.0 Å². The number of aryl methyl sites for hydroxylation is 1. The van der Waals surface area contributed by atoms with Gasteiger partial charge in [-0.15, -0.1) is 0 Å². The summed E-state index contributed by atoms with van der Waals surface area (Å²) >= 11 is 0. The summed E-state index contributed by atoms with van der Waals surface area (Å²) in [5, 5.41) is 8.82. The van der Waals surface area contributed by atoms with Crippen LogP contribution in [-0.2, 0) is 6.42 Å². The second-order valence-corrected chi connectivity index (χ2v) is 6.98. The van der Waals surface area contributed by atoms with Gasteiger partial charge in [0.15, 0.2) is 0 Å². The second-order valence-electron chi connectivity index (χ2n) is 6.98. The molecule has 1 atom stereocenters. The van der Waals surface area contributed by atoms with Crippen molar-refractivity contribution < 1.29 is 14.3 Å². The van der Waals surface area contributed by atoms with E-state index in [0.29, 0.717) is 16.9 Å². The summed E-state index contributed by atoms with van der Waals surface area (Å²) in [6.45, 7) is 2.22. The Morgan fingerprint density at radius 2 is 2.00 bits per heavy atom. The van der Waals surface area contributed by atoms with Crippen LogP contribution in [0.15, 0.2) is 42.5 Å². The molecule has 2 aromatic carbocycles. The third kappa shape index (κ3) is 5.10. The molecule has 0 aliphatic carbocycles. The molecule has 1 aliphatic rings. The molecule has 0 N–H and O–H groups in total. The van der Waals surface area contributed by atoms with Gasteiger partial charge in [0, 0.05) is 0 Å². The van der Waals surface area contributed by atoms with E-state index in [1.54, 1.807) is 30.3 Å². The van der Waals surface area contributed by atoms with Crippen LogP contribution in [0.5, 0.6) is 11.5 Å². The lowest BCUT2D eigenvalue weighted by Crippen LogP contribution is -2.23. The number of carbonyl (C=O) groups excluding carboxylic acids is 1. The van der Waals surface area contributed by atoms with Crippen LogP contribution in [0, 0.1) is 11.3 Å². The molecule has 0 bridgehead atoms. The maximum absolute atomic E-state index is 12.4. The number of hydrogen-bond donors (Lipinski definition) is 0. The Hall–Kier alpha value is -2.80. The Balaban J connectivity index is 1.59. The van der Waals surface area contributed by atoms with Gasteiger partial charge in [0.1, 0.15) is 11.5 Å². The van der Waals surface area contributed by atoms with Gasteiger partial charge < -0.3 is 9.47 Å². The number of esters is 1. The molecule has 4 heteroatoms. The van der Waals surface area contributed by atoms with Crippen LogP contribution in [0.4, 0.5) is 0 Å². The zero-order chi connectivity index (χ0) is 19.1. The SMILES string of the molecule is CCCCCC[C@H]1CCc2cc(C(=O)Oc3ccc(C#N)cc3)ccc2O1. The predicted molar refractivity (Wildman–Crippen MR) is 104 cm³/mol. The first-order valence-corrected chi connectivity index (χ1v) is 9.71. The van der Waals surface area contributed by atoms with Crippen LogP contribution in [0.3, 0.4) is 0 Å². The molecule has 3 rings (SSSR count). The first-order chi connectivity index (χ1) is 13.2. The van der Waals surface area contributed by atoms with E-state index in [4.69, 9.17) is 14.7 Å². The van der Waals surface area contributed by atoms with E-state index in [0.717, 1.165) is 30.6 Å². The van der Waals surface area contributed by atoms with Crippen molar-refractivity contribution in [1.82, 2.24) is 0 Å². The van der Waals surface area contributed by atoms with Gasteiger partial charge >= 0.3 is 5.97 Å². The molecular weight excluding hydrogens is 338 g/mol. The number of hydrogen-bond acceptors (Lipinski definition) is 4. The average molecular weight is 363 g/mol. The van der Waals surface area contributed by atoms with Crippen LogP contribution >= 0.6 is 0 Å². The monoisotopic (exact) mass is 363 g/mol. The van der Waals surface area contributed by atoms with Crippen LogP contribution in [0.1, 0.15) is 66.9 Å². The summed E-state index contributed by atoms with van der Waals surface area (Å²) in [6, 6.07) is 14.1. The number of unbranched alkanes of at least 4 members (excludes halogenated alkanes) is 3. The minimum absolute atomic E-state index is 0.283. The highest BCUT2D eigenvalue weighted by Gasteiger charge is 2.21. The average Bonchev–Trinajstić information content (AvgIpc) is 2.71. The number of benzene rings is 2. The molecule has 0 fully saturated rings. The predicted octanol–water partition coefficient (Wildman–Crippen LogP) is 5.44. The molecule has 140 valence electrons. The molecule has 1 aliphatic heterocycles. The zero-order valence-electron chi connectivity index (χ0n) is 15.7. The standard InChI is InChI=1S/C23H25NO3/c1-2-3-4-5-6-20-13-9-18-15-19(10-14-22(18)26-20)23(25)27-21-11-7-17(16-24)8-12-21/h7-8,10-12,14-15,20H,2-6,9,13H2,1H3/t20-/m0/s1. The van der Waals surface area contributed by atoms with E-state index in [-0.39, 0.29) is 6.10 Å². The minimum Gasteiger partial charge on any atom is -0.490 e. The smallest absolute Gasteiger partial charge is 0.343 e. The summed E-state index contributed by atoms with van der Waals surface area (Å²) in [6.07, 6.45) is 8.31. The molecule has 0 saturated heterocycles. The normalized spacial score (nSPS) is 15.3. The molecule has 0 saturated carbocycles. The maximum atomic E-state index is 12.4. The third-order valence-electron chi connectivity index (χ3n) is 4.90. The first kappa shape index (κ1) is 19.0. The molecule has 27 heavy (non-hydrogen) atoms. The van der Waals surface area contributed by atoms with Gasteiger partial charge in [-0.1, -0.05) is 26.2 Å². The molecule has 0 radical (unpaired) electrons. The van der Waals surface area contributed by atoms with E-state index in [1.165, 1.54) is 25.7 Å². The Morgan fingerprint density at radius 3 is 2.74 bits per heavy atom. The quantitative estimate of drug-likeness (QED) is 0.373. The molecule has 0 spiro atoms. The van der Waals surface area contributed by atoms with Crippen LogP contribution in [-0.4, -0.2) is 12.1 Å². The summed E-state index contributed by atoms with van der Waals surface area (Å²) in [5.74, 6) is 0.918. The van der Waals surface area contributed by atoms with Crippen molar-refractivity contribution in [1.29, 1.82) is 5.26 Å². The Morgan fingerprint density at radius 1 is 1.19 bits per heavy atom. The van der Waals surface area contributed by atoms with Gasteiger partial charge in [0.05, 0.1) is 23.3 Å². The van der Waals surface area contributed by atoms with Crippen LogP contribution in [0.2, 0.25) is 0 Å². The van der Waals surface area contributed by atoms with E-state index in [9.17, 15) is 4.79 Å². The number of ether oxygens (including phenoxy) is 2. The van der Waals surface area contributed by atoms with Gasteiger partial charge in [-0.25, -0.2) is 4.79 Å². The zero-order valence-corrected chi connectivity index (χ0v) is 15.7. The summed E-state index contributed by atoms with van der Waals surface area (Å²) in [7, 11) is 0. The largest absolute Gasteiger partial charge is 0.490 e. The molecular formula is C23H25NO3. The third-order valence-corrected chi connectivity index (χ3v) is 4.90. The number of fused-ring (bicyclic) bond motifs is 1. The molecule has 4 nitrogen and oxygen atoms in total. The first-order valence-electron chi connectivity index (χ1n) is 9.71. The Bertz CT molecular complexity index is 821. The Kier molecular flexibility index (Phi) is 6.49. The van der Waals surface area contributed by atoms with Gasteiger partial charge in [0.2, 0.25) is 0 Å². The minimum atomic E-state index is -0.399. The summed E-state index contributed by atoms with van der Waals surface area (Å²) in [4.78, 5) is 12.4. The van der Waals surface area contributed by atoms with Crippen LogP contribution < -0.4 is 9.47 Å². The van der Waals surface area contributed by atoms with Crippen molar-refractivity contribution >= 4 is 5.97 Å². The fourth-order valence-corrected chi connectivity index (χ4v) is 3.34. The molecule has 2 aromatic rings. The number of nitrogens with zero attached hydrogens (tertiary/aromatic N) is 1. The fraction of sp³-hybridized carbons (Fsp3) is 0.391. The highest BCUT2D eigenvalue weighted by atomic mass is 16.5. The van der Waals surface area contributed by atoms with E-state index >= 15 is 0 Å². The lowest BCUT2D eigenvalue weighted by atomic mass is 9.97. The van der Waals surface area contributed by atoms with Crippen molar-refractivity contribution in [2.24, 2.45) is 0 Å². The van der Waals surface area contributed by atoms with E-state index in [2.05, 4.69) is 6.92 Å². The summed E-state index contributed by atoms with van der Waals surface area (Å²) < 4.78 is 11.5. The summed E-state index contributed by atoms with van der Waals surface area (Å²) in [5.41, 5.74) is 2.11. The van der Waals surface area contributed by atoms with Crippen LogP contribution in [0.25, 0.3) is 0 Å². The molecule has 0 unspecified atom stereocenters. The lowest BCUT2D eigenvalue weighted by Gasteiger charge is -2.26. The number of carbonyl (C=O) groups is 1. The Labute approximate surface area is 160 Å². The maximum Gasteiger partial charge on any atom is 0.343 e. The fourth-order valence-electron chi connectivity index (χ4n) is 3.34. The second kappa shape index (κ2) is 9.23. The van der Waals surface area contributed by atoms with Crippen molar-refractivity contribution in [3.8, 4) is 17.6 Å². The highest BCUT2D eigenvalue weighted by molar-refractivity contribution is 5.91. The van der Waals surface area contributed by atoms with E-state index < -0.39 is 5.97 Å². The van der Waals surface area contributed by atoms with Crippen molar-refractivity contribution in [3.63, 3.8) is 0 Å². The van der Waals surface area contributed by atoms with E-state index in [1.807, 2.05) is 18.2 Å². The van der Waals surface area contributed by atoms with Crippen molar-refractivity contribution in [3.05, 3.63) is 59.2 Å². The van der Waals surface area contributed by atoms with Gasteiger partial charge in [-0.2, -0.15) is 5.26 Å². The molecule has 0 amide bonds. The topological polar surface area (TPSA) is 59.3 Å². The van der Waals surface area contributed by atoms with Gasteiger partial charge in [-0.05, 0) is 73.7 Å². The van der Waals surface area contributed by atoms with Gasteiger partial charge in [-0.3, -0.25) is 0 Å². The lowest BCUT2D eigenvalue weighted by molar-refractivity contribution is 0.0734.